The molecule has 1 aliphatic heterocycles. The molecule has 17 heavy (non-hydrogen) atoms. The molecule has 0 aromatic heterocycles. The highest BCUT2D eigenvalue weighted by atomic mass is 35.5. The van der Waals surface area contributed by atoms with E-state index in [4.69, 9.17) is 20.9 Å². The van der Waals surface area contributed by atoms with Gasteiger partial charge in [0.15, 0.2) is 5.56 Å². The molecule has 0 radical (unpaired) electrons. The summed E-state index contributed by atoms with van der Waals surface area (Å²) in [6, 6.07) is 5.00. The molecule has 1 unspecified atom stereocenters. The Balaban J connectivity index is 2.42. The molecule has 4 nitrogen and oxygen atoms in total. The quantitative estimate of drug-likeness (QED) is 0.665. The fourth-order valence-electron chi connectivity index (χ4n) is 1.86. The van der Waals surface area contributed by atoms with Crippen molar-refractivity contribution < 1.29 is 17.7 Å². The number of ether oxygens (including phenoxy) is 1. The summed E-state index contributed by atoms with van der Waals surface area (Å²) in [6.07, 6.45) is 0. The topological polar surface area (TPSA) is 63.6 Å². The van der Waals surface area contributed by atoms with E-state index in [2.05, 4.69) is 0 Å². The minimum absolute atomic E-state index is 0.383. The number of benzene rings is 1. The number of rotatable bonds is 2. The SMILES string of the molecule is CC1(C)c2cc(CS(=O)(=O)O)ccc2OC1Cl. The third-order valence-corrected chi connectivity index (χ3v) is 4.22. The molecule has 0 saturated heterocycles. The first-order valence-electron chi connectivity index (χ1n) is 5.09. The Morgan fingerprint density at radius 3 is 2.71 bits per heavy atom. The van der Waals surface area contributed by atoms with Gasteiger partial charge in [0, 0.05) is 11.0 Å². The van der Waals surface area contributed by atoms with E-state index in [1.807, 2.05) is 13.8 Å². The number of alkyl halides is 1. The van der Waals surface area contributed by atoms with Crippen molar-refractivity contribution in [3.8, 4) is 5.75 Å². The molecule has 0 saturated carbocycles. The molecule has 1 atom stereocenters. The Morgan fingerprint density at radius 1 is 1.47 bits per heavy atom. The summed E-state index contributed by atoms with van der Waals surface area (Å²) >= 11 is 6.06. The minimum Gasteiger partial charge on any atom is -0.473 e. The van der Waals surface area contributed by atoms with Crippen molar-refractivity contribution in [3.05, 3.63) is 29.3 Å². The summed E-state index contributed by atoms with van der Waals surface area (Å²) in [5, 5.41) is 0. The number of halogens is 1. The molecular weight excluding hydrogens is 264 g/mol. The molecule has 94 valence electrons. The Hall–Kier alpha value is -0.780. The van der Waals surface area contributed by atoms with Crippen molar-refractivity contribution in [2.24, 2.45) is 0 Å². The van der Waals surface area contributed by atoms with E-state index < -0.39 is 21.4 Å². The van der Waals surface area contributed by atoms with Crippen LogP contribution in [0.2, 0.25) is 0 Å². The van der Waals surface area contributed by atoms with Crippen LogP contribution in [0.4, 0.5) is 0 Å². The van der Waals surface area contributed by atoms with Crippen LogP contribution in [0.5, 0.6) is 5.75 Å². The van der Waals surface area contributed by atoms with Gasteiger partial charge in [-0.2, -0.15) is 8.42 Å². The van der Waals surface area contributed by atoms with Gasteiger partial charge in [0.1, 0.15) is 11.5 Å². The van der Waals surface area contributed by atoms with Gasteiger partial charge >= 0.3 is 0 Å². The zero-order valence-electron chi connectivity index (χ0n) is 9.47. The molecule has 1 aliphatic rings. The Morgan fingerprint density at radius 2 is 2.12 bits per heavy atom. The van der Waals surface area contributed by atoms with Crippen LogP contribution in [0.15, 0.2) is 18.2 Å². The molecule has 0 aliphatic carbocycles. The molecular formula is C11H13ClO4S. The van der Waals surface area contributed by atoms with Gasteiger partial charge in [-0.1, -0.05) is 37.6 Å². The maximum Gasteiger partial charge on any atom is 0.269 e. The van der Waals surface area contributed by atoms with E-state index in [0.29, 0.717) is 11.3 Å². The van der Waals surface area contributed by atoms with Crippen LogP contribution in [-0.4, -0.2) is 18.5 Å². The predicted octanol–water partition coefficient (Wildman–Crippen LogP) is 2.31. The highest BCUT2D eigenvalue weighted by Gasteiger charge is 2.40. The smallest absolute Gasteiger partial charge is 0.269 e. The van der Waals surface area contributed by atoms with E-state index in [-0.39, 0.29) is 5.41 Å². The lowest BCUT2D eigenvalue weighted by Crippen LogP contribution is -2.26. The van der Waals surface area contributed by atoms with Crippen molar-refractivity contribution in [1.29, 1.82) is 0 Å². The molecule has 1 aromatic carbocycles. The number of hydrogen-bond donors (Lipinski definition) is 1. The highest BCUT2D eigenvalue weighted by molar-refractivity contribution is 7.85. The molecule has 0 spiro atoms. The second-order valence-electron chi connectivity index (χ2n) is 4.71. The van der Waals surface area contributed by atoms with Crippen LogP contribution in [-0.2, 0) is 21.3 Å². The van der Waals surface area contributed by atoms with E-state index in [0.717, 1.165) is 5.56 Å². The average Bonchev–Trinajstić information content (AvgIpc) is 2.37. The summed E-state index contributed by atoms with van der Waals surface area (Å²) in [5.41, 5.74) is 0.525. The Labute approximate surface area is 105 Å². The molecule has 0 fully saturated rings. The molecule has 1 heterocycles. The van der Waals surface area contributed by atoms with Gasteiger partial charge in [-0.3, -0.25) is 4.55 Å². The number of fused-ring (bicyclic) bond motifs is 1. The lowest BCUT2D eigenvalue weighted by atomic mass is 9.86. The zero-order chi connectivity index (χ0) is 12.8. The molecule has 6 heteroatoms. The number of hydrogen-bond acceptors (Lipinski definition) is 3. The lowest BCUT2D eigenvalue weighted by molar-refractivity contribution is 0.247. The van der Waals surface area contributed by atoms with E-state index in [1.165, 1.54) is 0 Å². The van der Waals surface area contributed by atoms with Gasteiger partial charge in [-0.25, -0.2) is 0 Å². The van der Waals surface area contributed by atoms with Crippen molar-refractivity contribution in [2.75, 3.05) is 0 Å². The molecule has 2 rings (SSSR count). The third-order valence-electron chi connectivity index (χ3n) is 2.89. The van der Waals surface area contributed by atoms with Gasteiger partial charge in [0.25, 0.3) is 10.1 Å². The molecule has 0 bridgehead atoms. The Kier molecular flexibility index (Phi) is 2.88. The van der Waals surface area contributed by atoms with Crippen LogP contribution >= 0.6 is 11.6 Å². The maximum absolute atomic E-state index is 10.8. The van der Waals surface area contributed by atoms with E-state index in [9.17, 15) is 8.42 Å². The van der Waals surface area contributed by atoms with Crippen LogP contribution in [0.25, 0.3) is 0 Å². The fraction of sp³-hybridized carbons (Fsp3) is 0.455. The summed E-state index contributed by atoms with van der Waals surface area (Å²) in [4.78, 5) is 0. The normalized spacial score (nSPS) is 22.0. The minimum atomic E-state index is -4.02. The molecule has 0 amide bonds. The summed E-state index contributed by atoms with van der Waals surface area (Å²) in [7, 11) is -4.02. The van der Waals surface area contributed by atoms with Crippen molar-refractivity contribution >= 4 is 21.7 Å². The zero-order valence-corrected chi connectivity index (χ0v) is 11.0. The first kappa shape index (κ1) is 12.7. The fourth-order valence-corrected chi connectivity index (χ4v) is 2.68. The summed E-state index contributed by atoms with van der Waals surface area (Å²) in [5.74, 6) is 0.262. The van der Waals surface area contributed by atoms with Crippen molar-refractivity contribution in [3.63, 3.8) is 0 Å². The van der Waals surface area contributed by atoms with E-state index in [1.54, 1.807) is 18.2 Å². The third kappa shape index (κ3) is 2.41. The monoisotopic (exact) mass is 276 g/mol. The average molecular weight is 277 g/mol. The van der Waals surface area contributed by atoms with Gasteiger partial charge < -0.3 is 4.74 Å². The van der Waals surface area contributed by atoms with Crippen molar-refractivity contribution in [2.45, 2.75) is 30.6 Å². The second-order valence-corrected chi connectivity index (χ2v) is 6.56. The van der Waals surface area contributed by atoms with Gasteiger partial charge in [-0.05, 0) is 11.6 Å². The maximum atomic E-state index is 10.8. The molecule has 1 N–H and O–H groups in total. The van der Waals surface area contributed by atoms with Crippen molar-refractivity contribution in [1.82, 2.24) is 0 Å². The lowest BCUT2D eigenvalue weighted by Gasteiger charge is -2.20. The summed E-state index contributed by atoms with van der Waals surface area (Å²) in [6.45, 7) is 3.85. The highest BCUT2D eigenvalue weighted by Crippen LogP contribution is 2.44. The second kappa shape index (κ2) is 3.86. The Bertz CT molecular complexity index is 551. The van der Waals surface area contributed by atoms with Gasteiger partial charge in [-0.15, -0.1) is 0 Å². The van der Waals surface area contributed by atoms with Gasteiger partial charge in [0.2, 0.25) is 0 Å². The van der Waals surface area contributed by atoms with Gasteiger partial charge in [0.05, 0.1) is 0 Å². The first-order valence-corrected chi connectivity index (χ1v) is 7.14. The van der Waals surface area contributed by atoms with Crippen LogP contribution in [0.3, 0.4) is 0 Å². The molecule has 1 aromatic rings. The predicted molar refractivity (Wildman–Crippen MR) is 65.0 cm³/mol. The van der Waals surface area contributed by atoms with Crippen LogP contribution < -0.4 is 4.74 Å². The first-order chi connectivity index (χ1) is 7.70. The summed E-state index contributed by atoms with van der Waals surface area (Å²) < 4.78 is 35.9. The standard InChI is InChI=1S/C11H13ClO4S/c1-11(2)8-5-7(6-17(13,14)15)3-4-9(8)16-10(11)12/h3-5,10H,6H2,1-2H3,(H,13,14,15). The largest absolute Gasteiger partial charge is 0.473 e. The van der Waals surface area contributed by atoms with E-state index >= 15 is 0 Å². The van der Waals surface area contributed by atoms with Crippen LogP contribution in [0.1, 0.15) is 25.0 Å². The van der Waals surface area contributed by atoms with Crippen LogP contribution in [0, 0.1) is 0 Å².